The Kier molecular flexibility index (Phi) is 4.08. The summed E-state index contributed by atoms with van der Waals surface area (Å²) >= 11 is 0. The van der Waals surface area contributed by atoms with E-state index in [1.54, 1.807) is 18.5 Å². The van der Waals surface area contributed by atoms with Gasteiger partial charge >= 0.3 is 0 Å². The number of rotatable bonds is 3. The van der Waals surface area contributed by atoms with Crippen molar-refractivity contribution >= 4 is 11.6 Å². The third-order valence-electron chi connectivity index (χ3n) is 4.38. The molecule has 0 saturated heterocycles. The Morgan fingerprint density at radius 2 is 1.92 bits per heavy atom. The summed E-state index contributed by atoms with van der Waals surface area (Å²) < 4.78 is 13.3. The van der Waals surface area contributed by atoms with E-state index >= 15 is 0 Å². The number of hydrogen-bond donors (Lipinski definition) is 1. The van der Waals surface area contributed by atoms with Crippen LogP contribution < -0.4 is 14.8 Å². The maximum absolute atomic E-state index is 12.7. The van der Waals surface area contributed by atoms with E-state index in [-0.39, 0.29) is 5.91 Å². The van der Waals surface area contributed by atoms with Crippen LogP contribution in [0.4, 0.5) is 5.69 Å². The predicted octanol–water partition coefficient (Wildman–Crippen LogP) is 3.51. The Hall–Kier alpha value is -3.28. The van der Waals surface area contributed by atoms with E-state index in [0.717, 1.165) is 28.6 Å². The van der Waals surface area contributed by atoms with Gasteiger partial charge in [-0.05, 0) is 44.2 Å². The fourth-order valence-electron chi connectivity index (χ4n) is 3.20. The molecule has 1 aliphatic heterocycles. The molecule has 0 bridgehead atoms. The summed E-state index contributed by atoms with van der Waals surface area (Å²) in [5, 5.41) is 2.88. The molecule has 1 amide bonds. The Labute approximate surface area is 151 Å². The van der Waals surface area contributed by atoms with E-state index in [2.05, 4.69) is 10.3 Å². The molecule has 6 heteroatoms. The van der Waals surface area contributed by atoms with Crippen LogP contribution in [0.3, 0.4) is 0 Å². The van der Waals surface area contributed by atoms with Crippen LogP contribution in [0.1, 0.15) is 21.7 Å². The Morgan fingerprint density at radius 3 is 2.69 bits per heavy atom. The minimum absolute atomic E-state index is 0.158. The highest BCUT2D eigenvalue weighted by molar-refractivity contribution is 6.05. The van der Waals surface area contributed by atoms with Gasteiger partial charge < -0.3 is 19.4 Å². The maximum atomic E-state index is 12.7. The second-order valence-electron chi connectivity index (χ2n) is 6.14. The molecule has 3 aromatic rings. The zero-order valence-electron chi connectivity index (χ0n) is 14.7. The second-order valence-corrected chi connectivity index (χ2v) is 6.14. The number of hydrogen-bond acceptors (Lipinski definition) is 4. The summed E-state index contributed by atoms with van der Waals surface area (Å²) in [4.78, 5) is 16.7. The van der Waals surface area contributed by atoms with E-state index in [1.165, 1.54) is 0 Å². The summed E-state index contributed by atoms with van der Waals surface area (Å²) in [6.07, 6.45) is 3.29. The molecule has 0 saturated carbocycles. The molecule has 2 aromatic heterocycles. The van der Waals surface area contributed by atoms with Crippen molar-refractivity contribution in [3.05, 3.63) is 65.7 Å². The van der Waals surface area contributed by atoms with Crippen LogP contribution in [0.15, 0.2) is 48.8 Å². The number of aryl methyl sites for hydroxylation is 1. The van der Waals surface area contributed by atoms with E-state index in [0.29, 0.717) is 24.5 Å². The molecule has 4 rings (SSSR count). The largest absolute Gasteiger partial charge is 0.486 e. The number of pyridine rings is 1. The Balaban J connectivity index is 1.67. The fraction of sp³-hybridized carbons (Fsp3) is 0.200. The molecular formula is C20H19N3O3. The number of nitrogens with one attached hydrogen (secondary N) is 1. The normalized spacial score (nSPS) is 12.7. The fourth-order valence-corrected chi connectivity index (χ4v) is 3.20. The third-order valence-corrected chi connectivity index (χ3v) is 4.38. The summed E-state index contributed by atoms with van der Waals surface area (Å²) in [6, 6.07) is 11.3. The van der Waals surface area contributed by atoms with Gasteiger partial charge in [-0.25, -0.2) is 0 Å². The average molecular weight is 349 g/mol. The summed E-state index contributed by atoms with van der Waals surface area (Å²) in [7, 11) is 0. The van der Waals surface area contributed by atoms with Gasteiger partial charge in [-0.3, -0.25) is 9.78 Å². The van der Waals surface area contributed by atoms with Gasteiger partial charge in [0.05, 0.1) is 17.4 Å². The molecule has 3 heterocycles. The van der Waals surface area contributed by atoms with E-state index in [4.69, 9.17) is 9.47 Å². The smallest absolute Gasteiger partial charge is 0.257 e. The molecule has 0 atom stereocenters. The van der Waals surface area contributed by atoms with Crippen LogP contribution in [0.25, 0.3) is 5.69 Å². The van der Waals surface area contributed by atoms with Crippen molar-refractivity contribution in [2.45, 2.75) is 13.8 Å². The summed E-state index contributed by atoms with van der Waals surface area (Å²) in [5.41, 5.74) is 4.06. The standard InChI is InChI=1S/C20H19N3O3/c1-13-10-17(20(24)22-15-4-3-7-21-12-15)14(2)23(13)16-5-6-18-19(11-16)26-9-8-25-18/h3-7,10-12H,8-9H2,1-2H3,(H,22,24). The minimum atomic E-state index is -0.158. The van der Waals surface area contributed by atoms with Crippen molar-refractivity contribution in [3.63, 3.8) is 0 Å². The van der Waals surface area contributed by atoms with Crippen LogP contribution in [0, 0.1) is 13.8 Å². The van der Waals surface area contributed by atoms with Gasteiger partial charge in [0.2, 0.25) is 0 Å². The number of aromatic nitrogens is 2. The van der Waals surface area contributed by atoms with Gasteiger partial charge in [0, 0.05) is 29.3 Å². The van der Waals surface area contributed by atoms with Crippen molar-refractivity contribution in [3.8, 4) is 17.2 Å². The molecule has 0 radical (unpaired) electrons. The number of amides is 1. The van der Waals surface area contributed by atoms with Crippen LogP contribution in [-0.2, 0) is 0 Å². The maximum Gasteiger partial charge on any atom is 0.257 e. The first-order chi connectivity index (χ1) is 12.6. The van der Waals surface area contributed by atoms with Crippen molar-refractivity contribution < 1.29 is 14.3 Å². The SMILES string of the molecule is Cc1cc(C(=O)Nc2cccnc2)c(C)n1-c1ccc2c(c1)OCCO2. The van der Waals surface area contributed by atoms with Gasteiger partial charge in [-0.2, -0.15) is 0 Å². The zero-order chi connectivity index (χ0) is 18.1. The molecule has 0 spiro atoms. The number of benzene rings is 1. The molecule has 0 unspecified atom stereocenters. The lowest BCUT2D eigenvalue weighted by atomic mass is 10.2. The van der Waals surface area contributed by atoms with Crippen LogP contribution in [-0.4, -0.2) is 28.7 Å². The van der Waals surface area contributed by atoms with Gasteiger partial charge in [-0.15, -0.1) is 0 Å². The molecule has 6 nitrogen and oxygen atoms in total. The molecule has 0 fully saturated rings. The summed E-state index contributed by atoms with van der Waals surface area (Å²) in [6.45, 7) is 5.01. The molecular weight excluding hydrogens is 330 g/mol. The first kappa shape index (κ1) is 16.2. The van der Waals surface area contributed by atoms with Gasteiger partial charge in [0.15, 0.2) is 11.5 Å². The van der Waals surface area contributed by atoms with Crippen molar-refractivity contribution in [2.75, 3.05) is 18.5 Å². The molecule has 1 aromatic carbocycles. The van der Waals surface area contributed by atoms with E-state index < -0.39 is 0 Å². The Bertz CT molecular complexity index is 964. The highest BCUT2D eigenvalue weighted by Crippen LogP contribution is 2.33. The monoisotopic (exact) mass is 349 g/mol. The van der Waals surface area contributed by atoms with Gasteiger partial charge in [-0.1, -0.05) is 0 Å². The van der Waals surface area contributed by atoms with Crippen LogP contribution in [0.2, 0.25) is 0 Å². The van der Waals surface area contributed by atoms with Crippen LogP contribution in [0.5, 0.6) is 11.5 Å². The highest BCUT2D eigenvalue weighted by atomic mass is 16.6. The number of nitrogens with zero attached hydrogens (tertiary/aromatic N) is 2. The highest BCUT2D eigenvalue weighted by Gasteiger charge is 2.19. The third kappa shape index (κ3) is 2.90. The first-order valence-electron chi connectivity index (χ1n) is 8.44. The summed E-state index contributed by atoms with van der Waals surface area (Å²) in [5.74, 6) is 1.31. The molecule has 0 aliphatic carbocycles. The predicted molar refractivity (Wildman–Crippen MR) is 98.4 cm³/mol. The average Bonchev–Trinajstić information content (AvgIpc) is 2.96. The number of fused-ring (bicyclic) bond motifs is 1. The number of carbonyl (C=O) groups excluding carboxylic acids is 1. The van der Waals surface area contributed by atoms with Crippen molar-refractivity contribution in [1.29, 1.82) is 0 Å². The Morgan fingerprint density at radius 1 is 1.12 bits per heavy atom. The first-order valence-corrected chi connectivity index (χ1v) is 8.44. The molecule has 26 heavy (non-hydrogen) atoms. The van der Waals surface area contributed by atoms with Gasteiger partial charge in [0.25, 0.3) is 5.91 Å². The van der Waals surface area contributed by atoms with Crippen molar-refractivity contribution in [2.24, 2.45) is 0 Å². The topological polar surface area (TPSA) is 65.4 Å². The van der Waals surface area contributed by atoms with Crippen LogP contribution >= 0.6 is 0 Å². The van der Waals surface area contributed by atoms with E-state index in [1.807, 2.05) is 48.7 Å². The number of ether oxygens (including phenoxy) is 2. The molecule has 1 N–H and O–H groups in total. The second kappa shape index (κ2) is 6.55. The minimum Gasteiger partial charge on any atom is -0.486 e. The quantitative estimate of drug-likeness (QED) is 0.786. The lowest BCUT2D eigenvalue weighted by molar-refractivity contribution is 0.102. The molecule has 1 aliphatic rings. The zero-order valence-corrected chi connectivity index (χ0v) is 14.7. The lowest BCUT2D eigenvalue weighted by Gasteiger charge is -2.20. The van der Waals surface area contributed by atoms with Gasteiger partial charge in [0.1, 0.15) is 13.2 Å². The van der Waals surface area contributed by atoms with Crippen molar-refractivity contribution in [1.82, 2.24) is 9.55 Å². The lowest BCUT2D eigenvalue weighted by Crippen LogP contribution is -2.16. The molecule has 132 valence electrons. The van der Waals surface area contributed by atoms with E-state index in [9.17, 15) is 4.79 Å². The number of anilines is 1. The number of carbonyl (C=O) groups is 1.